The minimum atomic E-state index is -0.618. The highest BCUT2D eigenvalue weighted by Crippen LogP contribution is 2.38. The number of furan rings is 1. The summed E-state index contributed by atoms with van der Waals surface area (Å²) in [5.74, 6) is -0.814. The summed E-state index contributed by atoms with van der Waals surface area (Å²) in [6.07, 6.45) is 5.56. The SMILES string of the molecule is CC(C)C(C(=O)NCC1CCN(C(=O)c2ccc(NC(=O)c3ccco3)cc2)C1c1cccnc1)N1Cc2ccccc2C1=O. The number of carbonyl (C=O) groups is 4. The van der Waals surface area contributed by atoms with Crippen LogP contribution in [0.1, 0.15) is 68.7 Å². The molecule has 4 amide bonds. The van der Waals surface area contributed by atoms with Gasteiger partial charge in [-0.05, 0) is 72.0 Å². The van der Waals surface area contributed by atoms with Crippen LogP contribution in [-0.2, 0) is 11.3 Å². The van der Waals surface area contributed by atoms with Crippen LogP contribution in [0.15, 0.2) is 95.9 Å². The number of hydrogen-bond donors (Lipinski definition) is 2. The third-order valence-electron chi connectivity index (χ3n) is 8.57. The van der Waals surface area contributed by atoms with Crippen LogP contribution in [0.4, 0.5) is 5.69 Å². The summed E-state index contributed by atoms with van der Waals surface area (Å²) in [4.78, 5) is 60.8. The van der Waals surface area contributed by atoms with Crippen LogP contribution in [0, 0.1) is 11.8 Å². The molecular weight excluding hydrogens is 570 g/mol. The summed E-state index contributed by atoms with van der Waals surface area (Å²) in [5, 5.41) is 5.89. The van der Waals surface area contributed by atoms with Gasteiger partial charge < -0.3 is 24.9 Å². The van der Waals surface area contributed by atoms with Crippen molar-refractivity contribution in [3.8, 4) is 0 Å². The Balaban J connectivity index is 1.15. The zero-order valence-electron chi connectivity index (χ0n) is 25.2. The second kappa shape index (κ2) is 12.8. The van der Waals surface area contributed by atoms with Gasteiger partial charge in [0.25, 0.3) is 17.7 Å². The van der Waals surface area contributed by atoms with E-state index < -0.39 is 6.04 Å². The number of amides is 4. The Bertz CT molecular complexity index is 1690. The topological polar surface area (TPSA) is 125 Å². The summed E-state index contributed by atoms with van der Waals surface area (Å²) in [5.41, 5.74) is 3.48. The van der Waals surface area contributed by atoms with E-state index in [0.29, 0.717) is 42.9 Å². The quantitative estimate of drug-likeness (QED) is 0.279. The van der Waals surface area contributed by atoms with Crippen molar-refractivity contribution < 1.29 is 23.6 Å². The number of carbonyl (C=O) groups excluding carboxylic acids is 4. The number of nitrogens with zero attached hydrogens (tertiary/aromatic N) is 3. The van der Waals surface area contributed by atoms with Gasteiger partial charge in [-0.25, -0.2) is 0 Å². The maximum atomic E-state index is 13.8. The number of anilines is 1. The fraction of sp³-hybridized carbons (Fsp3) is 0.286. The van der Waals surface area contributed by atoms with Gasteiger partial charge in [-0.15, -0.1) is 0 Å². The average Bonchev–Trinajstić information content (AvgIpc) is 3.81. The maximum absolute atomic E-state index is 13.8. The van der Waals surface area contributed by atoms with Crippen molar-refractivity contribution in [2.45, 2.75) is 38.9 Å². The molecule has 2 N–H and O–H groups in total. The number of likely N-dealkylation sites (tertiary alicyclic amines) is 1. The molecule has 10 nitrogen and oxygen atoms in total. The average molecular weight is 606 g/mol. The van der Waals surface area contributed by atoms with Crippen LogP contribution in [0.5, 0.6) is 0 Å². The van der Waals surface area contributed by atoms with Crippen molar-refractivity contribution in [2.24, 2.45) is 11.8 Å². The molecule has 0 saturated carbocycles. The third-order valence-corrected chi connectivity index (χ3v) is 8.57. The van der Waals surface area contributed by atoms with Crippen molar-refractivity contribution in [3.63, 3.8) is 0 Å². The number of aromatic nitrogens is 1. The summed E-state index contributed by atoms with van der Waals surface area (Å²) in [6.45, 7) is 5.15. The molecule has 6 rings (SSSR count). The first-order valence-corrected chi connectivity index (χ1v) is 15.1. The van der Waals surface area contributed by atoms with E-state index in [1.54, 1.807) is 59.8 Å². The van der Waals surface area contributed by atoms with Crippen molar-refractivity contribution in [1.29, 1.82) is 0 Å². The van der Waals surface area contributed by atoms with Gasteiger partial charge >= 0.3 is 0 Å². The number of rotatable bonds is 9. The first-order chi connectivity index (χ1) is 21.8. The molecule has 10 heteroatoms. The van der Waals surface area contributed by atoms with Gasteiger partial charge in [-0.1, -0.05) is 38.1 Å². The molecule has 2 aromatic heterocycles. The highest BCUT2D eigenvalue weighted by molar-refractivity contribution is 6.03. The molecule has 0 aliphatic carbocycles. The number of hydrogen-bond acceptors (Lipinski definition) is 6. The normalized spacial score (nSPS) is 18.2. The van der Waals surface area contributed by atoms with Gasteiger partial charge in [-0.3, -0.25) is 24.2 Å². The van der Waals surface area contributed by atoms with Gasteiger partial charge in [0, 0.05) is 54.8 Å². The van der Waals surface area contributed by atoms with E-state index in [1.807, 2.05) is 49.1 Å². The number of nitrogens with one attached hydrogen (secondary N) is 2. The molecule has 2 aromatic carbocycles. The molecule has 1 fully saturated rings. The summed E-state index contributed by atoms with van der Waals surface area (Å²) in [6, 6.07) is 20.3. The molecular formula is C35H35N5O5. The van der Waals surface area contributed by atoms with E-state index in [2.05, 4.69) is 15.6 Å². The van der Waals surface area contributed by atoms with Gasteiger partial charge in [0.05, 0.1) is 12.3 Å². The lowest BCUT2D eigenvalue weighted by Gasteiger charge is -2.32. The highest BCUT2D eigenvalue weighted by atomic mass is 16.3. The van der Waals surface area contributed by atoms with E-state index in [1.165, 1.54) is 6.26 Å². The molecule has 2 aliphatic rings. The van der Waals surface area contributed by atoms with Gasteiger partial charge in [0.1, 0.15) is 6.04 Å². The zero-order valence-corrected chi connectivity index (χ0v) is 25.2. The fourth-order valence-electron chi connectivity index (χ4n) is 6.41. The van der Waals surface area contributed by atoms with Crippen LogP contribution in [-0.4, -0.2) is 57.5 Å². The van der Waals surface area contributed by atoms with Crippen LogP contribution >= 0.6 is 0 Å². The summed E-state index contributed by atoms with van der Waals surface area (Å²) >= 11 is 0. The predicted octanol–water partition coefficient (Wildman–Crippen LogP) is 4.93. The number of benzene rings is 2. The number of pyridine rings is 1. The van der Waals surface area contributed by atoms with E-state index >= 15 is 0 Å². The first-order valence-electron chi connectivity index (χ1n) is 15.1. The molecule has 3 unspecified atom stereocenters. The van der Waals surface area contributed by atoms with E-state index in [-0.39, 0.29) is 47.3 Å². The third kappa shape index (κ3) is 6.08. The largest absolute Gasteiger partial charge is 0.459 e. The Morgan fingerprint density at radius 3 is 2.49 bits per heavy atom. The van der Waals surface area contributed by atoms with Crippen LogP contribution in [0.3, 0.4) is 0 Å². The van der Waals surface area contributed by atoms with Crippen LogP contribution in [0.25, 0.3) is 0 Å². The molecule has 2 aliphatic heterocycles. The monoisotopic (exact) mass is 605 g/mol. The highest BCUT2D eigenvalue weighted by Gasteiger charge is 2.41. The molecule has 230 valence electrons. The lowest BCUT2D eigenvalue weighted by molar-refractivity contribution is -0.127. The van der Waals surface area contributed by atoms with E-state index in [4.69, 9.17) is 4.42 Å². The van der Waals surface area contributed by atoms with E-state index in [0.717, 1.165) is 11.1 Å². The van der Waals surface area contributed by atoms with Gasteiger partial charge in [-0.2, -0.15) is 0 Å². The zero-order chi connectivity index (χ0) is 31.5. The molecule has 0 radical (unpaired) electrons. The minimum Gasteiger partial charge on any atom is -0.459 e. The second-order valence-electron chi connectivity index (χ2n) is 11.8. The fourth-order valence-corrected chi connectivity index (χ4v) is 6.41. The Morgan fingerprint density at radius 2 is 1.80 bits per heavy atom. The molecule has 45 heavy (non-hydrogen) atoms. The Labute approximate surface area is 261 Å². The Kier molecular flexibility index (Phi) is 8.46. The summed E-state index contributed by atoms with van der Waals surface area (Å²) in [7, 11) is 0. The van der Waals surface area contributed by atoms with Gasteiger partial charge in [0.15, 0.2) is 5.76 Å². The van der Waals surface area contributed by atoms with Crippen molar-refractivity contribution in [2.75, 3.05) is 18.4 Å². The first kappa shape index (κ1) is 29.8. The maximum Gasteiger partial charge on any atom is 0.291 e. The summed E-state index contributed by atoms with van der Waals surface area (Å²) < 4.78 is 5.14. The van der Waals surface area contributed by atoms with Crippen LogP contribution < -0.4 is 10.6 Å². The van der Waals surface area contributed by atoms with Crippen molar-refractivity contribution in [3.05, 3.63) is 119 Å². The lowest BCUT2D eigenvalue weighted by atomic mass is 9.93. The molecule has 4 heterocycles. The van der Waals surface area contributed by atoms with Crippen LogP contribution in [0.2, 0.25) is 0 Å². The number of fused-ring (bicyclic) bond motifs is 1. The standard InChI is InChI=1S/C35H35N5O5/c1-22(2)30(40-21-26-7-3-4-9-28(26)35(40)44)33(42)37-20-25-15-17-39(31(25)24-8-5-16-36-19-24)34(43)23-11-13-27(14-12-23)38-32(41)29-10-6-18-45-29/h3-14,16,18-19,22,25,30-31H,15,17,20-21H2,1-2H3,(H,37,42)(H,38,41). The molecule has 0 spiro atoms. The Morgan fingerprint density at radius 1 is 1.00 bits per heavy atom. The predicted molar refractivity (Wildman–Crippen MR) is 167 cm³/mol. The molecule has 0 bridgehead atoms. The van der Waals surface area contributed by atoms with E-state index in [9.17, 15) is 19.2 Å². The second-order valence-corrected chi connectivity index (χ2v) is 11.8. The molecule has 4 aromatic rings. The minimum absolute atomic E-state index is 0.0618. The molecule has 3 atom stereocenters. The Hall–Kier alpha value is -5.25. The van der Waals surface area contributed by atoms with Crippen molar-refractivity contribution >= 4 is 29.3 Å². The molecule has 1 saturated heterocycles. The lowest BCUT2D eigenvalue weighted by Crippen LogP contribution is -2.51. The van der Waals surface area contributed by atoms with Gasteiger partial charge in [0.2, 0.25) is 5.91 Å². The van der Waals surface area contributed by atoms with Crippen molar-refractivity contribution in [1.82, 2.24) is 20.1 Å². The smallest absolute Gasteiger partial charge is 0.291 e.